The monoisotopic (exact) mass is 1080 g/mol. The molecule has 0 spiro atoms. The Labute approximate surface area is 509 Å². The van der Waals surface area contributed by atoms with Crippen LogP contribution in [0.1, 0.15) is 65.9 Å². The van der Waals surface area contributed by atoms with E-state index in [9.17, 15) is 8.22 Å². The minimum Gasteiger partial charge on any atom is -0.456 e. The number of benzene rings is 14. The third-order valence-corrected chi connectivity index (χ3v) is 12.8. The van der Waals surface area contributed by atoms with E-state index in [0.717, 1.165) is 0 Å². The van der Waals surface area contributed by atoms with Crippen molar-refractivity contribution in [1.82, 2.24) is 0 Å². The van der Waals surface area contributed by atoms with Gasteiger partial charge in [0.2, 0.25) is 0 Å². The van der Waals surface area contributed by atoms with E-state index in [0.29, 0.717) is 0 Å². The highest BCUT2D eigenvalue weighted by Crippen LogP contribution is 2.47. The van der Waals surface area contributed by atoms with Crippen molar-refractivity contribution < 1.29 is 69.1 Å². The number of hydrogen-bond donors (Lipinski definition) is 0. The Balaban J connectivity index is 0.000000165. The summed E-state index contributed by atoms with van der Waals surface area (Å²) in [5.41, 5.74) is -4.08. The molecule has 2 heterocycles. The summed E-state index contributed by atoms with van der Waals surface area (Å²) in [5, 5.41) is -5.93. The molecule has 16 aromatic rings. The maximum absolute atomic E-state index is 9.44. The molecule has 2 aromatic heterocycles. The molecule has 0 unspecified atom stereocenters. The van der Waals surface area contributed by atoms with Crippen molar-refractivity contribution in [2.75, 3.05) is 0 Å². The van der Waals surface area contributed by atoms with Gasteiger partial charge in [0, 0.05) is 26.0 Å². The van der Waals surface area contributed by atoms with E-state index >= 15 is 0 Å². The molecule has 0 aliphatic heterocycles. The van der Waals surface area contributed by atoms with Crippen LogP contribution in [0.15, 0.2) is 279 Å². The first-order valence-electron chi connectivity index (χ1n) is 44.3. The van der Waals surface area contributed by atoms with Gasteiger partial charge in [-0.1, -0.05) is 236 Å². The molecule has 0 saturated heterocycles. The molecule has 0 fully saturated rings. The third kappa shape index (κ3) is 7.70. The summed E-state index contributed by atoms with van der Waals surface area (Å²) in [5.74, 6) is 0. The number of furan rings is 2. The number of halogens is 1. The van der Waals surface area contributed by atoms with Crippen LogP contribution >= 0.6 is 15.9 Å². The van der Waals surface area contributed by atoms with Crippen molar-refractivity contribution in [3.63, 3.8) is 0 Å². The van der Waals surface area contributed by atoms with Crippen LogP contribution in [0.5, 0.6) is 0 Å². The lowest BCUT2D eigenvalue weighted by Crippen LogP contribution is -1.91. The number of hydrogen-bond acceptors (Lipinski definition) is 2. The Morgan fingerprint density at radius 1 is 0.276 bits per heavy atom. The zero-order valence-electron chi connectivity index (χ0n) is 82.2. The molecule has 3 heteroatoms. The lowest BCUT2D eigenvalue weighted by atomic mass is 9.84. The van der Waals surface area contributed by atoms with Crippen LogP contribution in [-0.4, -0.2) is 0 Å². The van der Waals surface area contributed by atoms with Gasteiger partial charge in [0.05, 0.1) is 60.3 Å². The van der Waals surface area contributed by atoms with E-state index in [4.69, 9.17) is 60.9 Å². The standard InChI is InChI=1S/C36H22O.C24H15Br.C13H10O/c1-2-12-25-23(10-1)11-9-18-28(25)36-31-16-5-3-14-29(31)35(30-15-4-6-17-32(30)36)24-20-21-27-26-13-7-8-19-33(26)37-34(27)22-24;25-24-21-13-5-3-11-19(21)23(20-12-4-6-14-22(20)24)18-15-7-9-16-8-1-2-10-17(16)18;1-9-6-7-11-10-4-2-3-5-12(10)14-13(11)8-9/h1-22H;1-15H;2-8H,1H3/i1D,2D,3D,4D,5D,6D,7D,8D,9D,10D,11D,12D,13D,14D,15D,16D,17D,18D,19D,20D,21D,22D;1D,2D,3D,4D,5D,6D,7D,8D,9D,10D,11D,12D,13D,14D,15D;2D,3D,4D,5D,6D,7D,8D. The molecule has 0 N–H and O–H groups in total. The fourth-order valence-corrected chi connectivity index (χ4v) is 9.36. The molecule has 0 atom stereocenters. The van der Waals surface area contributed by atoms with Gasteiger partial charge in [0.15, 0.2) is 0 Å². The van der Waals surface area contributed by atoms with Gasteiger partial charge in [-0.25, -0.2) is 0 Å². The summed E-state index contributed by atoms with van der Waals surface area (Å²) in [7, 11) is 0. The van der Waals surface area contributed by atoms with Gasteiger partial charge >= 0.3 is 0 Å². The van der Waals surface area contributed by atoms with Crippen LogP contribution in [0.3, 0.4) is 0 Å². The van der Waals surface area contributed by atoms with E-state index in [1.54, 1.807) is 0 Å². The second-order valence-electron chi connectivity index (χ2n) is 16.2. The molecule has 0 amide bonds. The van der Waals surface area contributed by atoms with Gasteiger partial charge in [-0.05, 0) is 157 Å². The van der Waals surface area contributed by atoms with Crippen molar-refractivity contribution >= 4 is 124 Å². The molecule has 0 aliphatic carbocycles. The SMILES string of the molecule is [2H]c1c([2H])c([2H])c2c(-c3c4c([2H])c([2H])c([2H])c([2H])c4c(Br)c4c([2H])c([2H])c([2H])c([2H])c34)c([2H])c([2H])c([2H])c2c1[2H].[2H]c1c([2H])c([2H])c2c(oc3c([2H])c(-c4c5c([2H])c([2H])c([2H])c([2H])c5c(-c5c([2H])c([2H])c([2H])c6c([2H])c([2H])c([2H])c([2H])c56)c5c([2H])c([2H])c([2H])c([2H])c45)c([2H])c([2H])c32)c1[2H].[2H]c1c([2H])c([2H])c2c(oc3c([2H])c(C)c([2H])c([2H])c32)c1[2H]. The molecule has 0 saturated carbocycles. The van der Waals surface area contributed by atoms with Gasteiger partial charge in [-0.3, -0.25) is 0 Å². The summed E-state index contributed by atoms with van der Waals surface area (Å²) in [6.45, 7) is 1.53. The topological polar surface area (TPSA) is 26.3 Å². The van der Waals surface area contributed by atoms with Crippen LogP contribution in [0.2, 0.25) is 0 Å². The summed E-state index contributed by atoms with van der Waals surface area (Å²) in [6, 6.07) is -30.1. The molecule has 358 valence electrons. The normalized spacial score (nSPS) is 19.7. The Kier molecular flexibility index (Phi) is 4.68. The van der Waals surface area contributed by atoms with Gasteiger partial charge in [0.1, 0.15) is 22.3 Å². The lowest BCUT2D eigenvalue weighted by molar-refractivity contribution is 0.668. The molecule has 14 aromatic carbocycles. The molecule has 0 radical (unpaired) electrons. The van der Waals surface area contributed by atoms with Crippen LogP contribution < -0.4 is 0 Å². The van der Waals surface area contributed by atoms with Crippen LogP contribution in [0.4, 0.5) is 0 Å². The zero-order chi connectivity index (χ0) is 89.0. The third-order valence-electron chi connectivity index (χ3n) is 12.0. The van der Waals surface area contributed by atoms with E-state index in [1.807, 2.05) is 0 Å². The highest BCUT2D eigenvalue weighted by molar-refractivity contribution is 9.10. The fraction of sp³-hybridized carbons (Fsp3) is 0.0137. The average molecular weight is 1080 g/mol. The molecule has 0 aliphatic rings. The van der Waals surface area contributed by atoms with E-state index in [-0.39, 0.29) is 105 Å². The number of para-hydroxylation sites is 2. The predicted octanol–water partition coefficient (Wildman–Crippen LogP) is 21.8. The Hall–Kier alpha value is -9.28. The lowest BCUT2D eigenvalue weighted by Gasteiger charge is -2.18. The largest absolute Gasteiger partial charge is 0.456 e. The Bertz CT molecular complexity index is 7340. The van der Waals surface area contributed by atoms with Crippen LogP contribution in [0.25, 0.3) is 142 Å². The minimum absolute atomic E-state index is 0.0236. The molecule has 2 nitrogen and oxygen atoms in total. The Morgan fingerprint density at radius 3 is 1.08 bits per heavy atom. The smallest absolute Gasteiger partial charge is 0.136 e. The predicted molar refractivity (Wildman–Crippen MR) is 328 cm³/mol. The van der Waals surface area contributed by atoms with Crippen LogP contribution in [-0.2, 0) is 0 Å². The first-order valence-corrected chi connectivity index (χ1v) is 23.0. The molecule has 0 bridgehead atoms. The maximum Gasteiger partial charge on any atom is 0.136 e. The van der Waals surface area contributed by atoms with Gasteiger partial charge in [-0.15, -0.1) is 0 Å². The van der Waals surface area contributed by atoms with Crippen molar-refractivity contribution in [2.45, 2.75) is 6.92 Å². The summed E-state index contributed by atoms with van der Waals surface area (Å²) in [6.07, 6.45) is 0. The first-order chi connectivity index (χ1) is 55.9. The summed E-state index contributed by atoms with van der Waals surface area (Å²) < 4.78 is 387. The second-order valence-corrected chi connectivity index (χ2v) is 17.0. The molecular formula is C73H47BrO2. The average Bonchev–Trinajstić information content (AvgIpc) is 0.880. The molecule has 76 heavy (non-hydrogen) atoms. The number of fused-ring (bicyclic) bond motifs is 12. The van der Waals surface area contributed by atoms with Crippen molar-refractivity contribution in [3.8, 4) is 33.4 Å². The van der Waals surface area contributed by atoms with Crippen LogP contribution in [0, 0.1) is 6.92 Å². The quantitative estimate of drug-likeness (QED) is 0.165. The highest BCUT2D eigenvalue weighted by atomic mass is 79.9. The van der Waals surface area contributed by atoms with Gasteiger partial charge in [0.25, 0.3) is 0 Å². The Morgan fingerprint density at radius 2 is 0.605 bits per heavy atom. The summed E-state index contributed by atoms with van der Waals surface area (Å²) in [4.78, 5) is 0. The second kappa shape index (κ2) is 18.9. The maximum atomic E-state index is 9.44. The fourth-order valence-electron chi connectivity index (χ4n) is 8.76. The highest BCUT2D eigenvalue weighted by Gasteiger charge is 2.20. The van der Waals surface area contributed by atoms with E-state index < -0.39 is 312 Å². The number of rotatable bonds is 3. The summed E-state index contributed by atoms with van der Waals surface area (Å²) >= 11 is 3.29. The van der Waals surface area contributed by atoms with Gasteiger partial charge < -0.3 is 8.83 Å². The first kappa shape index (κ1) is 18.8. The van der Waals surface area contributed by atoms with E-state index in [2.05, 4.69) is 15.9 Å². The molecular weight excluding hydrogens is 989 g/mol. The molecule has 16 rings (SSSR count). The van der Waals surface area contributed by atoms with Crippen molar-refractivity contribution in [3.05, 3.63) is 276 Å². The van der Waals surface area contributed by atoms with Gasteiger partial charge in [-0.2, -0.15) is 0 Å². The van der Waals surface area contributed by atoms with E-state index in [1.165, 1.54) is 6.92 Å². The van der Waals surface area contributed by atoms with Crippen molar-refractivity contribution in [1.29, 1.82) is 0 Å². The van der Waals surface area contributed by atoms with Crippen molar-refractivity contribution in [2.24, 2.45) is 0 Å². The zero-order valence-corrected chi connectivity index (χ0v) is 39.8. The minimum atomic E-state index is -0.912.